The first-order valence-electron chi connectivity index (χ1n) is 8.11. The topological polar surface area (TPSA) is 75.8 Å². The highest BCUT2D eigenvalue weighted by Crippen LogP contribution is 2.26. The van der Waals surface area contributed by atoms with Gasteiger partial charge in [-0.2, -0.15) is 0 Å². The third-order valence-corrected chi connectivity index (χ3v) is 4.15. The van der Waals surface area contributed by atoms with Gasteiger partial charge >= 0.3 is 0 Å². The highest BCUT2D eigenvalue weighted by atomic mass is 16.5. The zero-order chi connectivity index (χ0) is 16.8. The van der Waals surface area contributed by atoms with Crippen molar-refractivity contribution in [2.45, 2.75) is 6.42 Å². The molecule has 0 saturated carbocycles. The number of nitrogens with zero attached hydrogens (tertiary/aromatic N) is 3. The highest BCUT2D eigenvalue weighted by molar-refractivity contribution is 5.91. The lowest BCUT2D eigenvalue weighted by molar-refractivity contribution is 0.415. The van der Waals surface area contributed by atoms with Crippen LogP contribution in [0.4, 0.5) is 11.5 Å². The van der Waals surface area contributed by atoms with Gasteiger partial charge in [-0.15, -0.1) is 0 Å². The molecule has 1 aliphatic rings. The average molecular weight is 325 g/mol. The zero-order valence-electron chi connectivity index (χ0n) is 13.9. The van der Waals surface area contributed by atoms with Gasteiger partial charge in [-0.25, -0.2) is 4.98 Å². The molecule has 126 valence electrons. The molecule has 1 unspecified atom stereocenters. The summed E-state index contributed by atoms with van der Waals surface area (Å²) in [6.07, 6.45) is 2.83. The first-order chi connectivity index (χ1) is 11.7. The van der Waals surface area contributed by atoms with Crippen LogP contribution in [0, 0.1) is 5.92 Å². The maximum atomic E-state index is 5.94. The Morgan fingerprint density at radius 2 is 2.29 bits per heavy atom. The minimum atomic E-state index is 0.411. The second-order valence-electron chi connectivity index (χ2n) is 5.87. The molecule has 3 N–H and O–H groups in total. The standard InChI is InChI=1S/C18H23N5O/c1-24-16-6-4-5-15(11-16)23-10-8-14(13-23)12-21-18(19)22-17-7-2-3-9-20-17/h2-7,9,11,14H,8,10,12-13H2,1H3,(H3,19,20,21,22). The van der Waals surface area contributed by atoms with Crippen molar-refractivity contribution in [1.29, 1.82) is 0 Å². The molecular weight excluding hydrogens is 302 g/mol. The molecule has 0 bridgehead atoms. The summed E-state index contributed by atoms with van der Waals surface area (Å²) in [7, 11) is 1.69. The lowest BCUT2D eigenvalue weighted by Crippen LogP contribution is -2.25. The van der Waals surface area contributed by atoms with Crippen LogP contribution in [0.2, 0.25) is 0 Å². The van der Waals surface area contributed by atoms with Gasteiger partial charge in [-0.1, -0.05) is 12.1 Å². The minimum Gasteiger partial charge on any atom is -0.497 e. The van der Waals surface area contributed by atoms with Crippen molar-refractivity contribution in [3.63, 3.8) is 0 Å². The molecule has 1 saturated heterocycles. The summed E-state index contributed by atoms with van der Waals surface area (Å²) >= 11 is 0. The summed E-state index contributed by atoms with van der Waals surface area (Å²) in [5.74, 6) is 2.51. The molecule has 1 aliphatic heterocycles. The summed E-state index contributed by atoms with van der Waals surface area (Å²) in [6, 6.07) is 13.8. The number of hydrogen-bond acceptors (Lipinski definition) is 4. The van der Waals surface area contributed by atoms with Crippen molar-refractivity contribution >= 4 is 17.5 Å². The number of aromatic nitrogens is 1. The maximum absolute atomic E-state index is 5.94. The summed E-state index contributed by atoms with van der Waals surface area (Å²) < 4.78 is 5.30. The van der Waals surface area contributed by atoms with E-state index in [0.29, 0.717) is 24.2 Å². The summed E-state index contributed by atoms with van der Waals surface area (Å²) in [5.41, 5.74) is 7.13. The van der Waals surface area contributed by atoms with Crippen LogP contribution in [0.25, 0.3) is 0 Å². The van der Waals surface area contributed by atoms with E-state index in [1.807, 2.05) is 30.3 Å². The molecule has 6 nitrogen and oxygen atoms in total. The molecule has 2 heterocycles. The van der Waals surface area contributed by atoms with Gasteiger partial charge in [0, 0.05) is 37.6 Å². The number of pyridine rings is 1. The molecule has 2 aromatic rings. The quantitative estimate of drug-likeness (QED) is 0.652. The third kappa shape index (κ3) is 4.16. The molecule has 0 aliphatic carbocycles. The van der Waals surface area contributed by atoms with Crippen LogP contribution in [-0.4, -0.2) is 37.7 Å². The number of ether oxygens (including phenoxy) is 1. The van der Waals surface area contributed by atoms with Crippen LogP contribution < -0.4 is 20.7 Å². The van der Waals surface area contributed by atoms with Crippen LogP contribution >= 0.6 is 0 Å². The van der Waals surface area contributed by atoms with Crippen molar-refractivity contribution in [1.82, 2.24) is 4.98 Å². The molecule has 3 rings (SSSR count). The smallest absolute Gasteiger partial charge is 0.194 e. The van der Waals surface area contributed by atoms with E-state index in [1.54, 1.807) is 13.3 Å². The second-order valence-corrected chi connectivity index (χ2v) is 5.87. The van der Waals surface area contributed by atoms with Crippen molar-refractivity contribution in [3.05, 3.63) is 48.7 Å². The largest absolute Gasteiger partial charge is 0.497 e. The molecule has 0 amide bonds. The van der Waals surface area contributed by atoms with Gasteiger partial charge in [-0.05, 0) is 36.6 Å². The number of nitrogens with one attached hydrogen (secondary N) is 1. The van der Waals surface area contributed by atoms with Gasteiger partial charge in [0.2, 0.25) is 0 Å². The first kappa shape index (κ1) is 16.1. The summed E-state index contributed by atoms with van der Waals surface area (Å²) in [5, 5.41) is 3.01. The van der Waals surface area contributed by atoms with Crippen LogP contribution in [0.5, 0.6) is 5.75 Å². The highest BCUT2D eigenvalue weighted by Gasteiger charge is 2.22. The monoisotopic (exact) mass is 325 g/mol. The van der Waals surface area contributed by atoms with E-state index in [-0.39, 0.29) is 0 Å². The van der Waals surface area contributed by atoms with Gasteiger partial charge in [0.15, 0.2) is 5.96 Å². The Bertz CT molecular complexity index is 689. The number of aliphatic imine (C=N–C) groups is 1. The third-order valence-electron chi connectivity index (χ3n) is 4.15. The number of benzene rings is 1. The lowest BCUT2D eigenvalue weighted by Gasteiger charge is -2.19. The second kappa shape index (κ2) is 7.68. The van der Waals surface area contributed by atoms with Crippen molar-refractivity contribution in [2.24, 2.45) is 16.6 Å². The Hall–Kier alpha value is -2.76. The Kier molecular flexibility index (Phi) is 5.15. The fourth-order valence-corrected chi connectivity index (χ4v) is 2.86. The van der Waals surface area contributed by atoms with Gasteiger partial charge < -0.3 is 20.7 Å². The molecule has 1 fully saturated rings. The predicted octanol–water partition coefficient (Wildman–Crippen LogP) is 2.34. The molecule has 0 radical (unpaired) electrons. The van der Waals surface area contributed by atoms with Crippen molar-refractivity contribution < 1.29 is 4.74 Å². The molecule has 1 aromatic heterocycles. The number of anilines is 2. The van der Waals surface area contributed by atoms with Gasteiger partial charge in [0.05, 0.1) is 7.11 Å². The van der Waals surface area contributed by atoms with Crippen molar-refractivity contribution in [3.8, 4) is 5.75 Å². The number of guanidine groups is 1. The van der Waals surface area contributed by atoms with Crippen LogP contribution in [-0.2, 0) is 0 Å². The van der Waals surface area contributed by atoms with Crippen LogP contribution in [0.1, 0.15) is 6.42 Å². The zero-order valence-corrected chi connectivity index (χ0v) is 13.9. The minimum absolute atomic E-state index is 0.411. The normalized spacial score (nSPS) is 17.8. The van der Waals surface area contributed by atoms with Crippen LogP contribution in [0.15, 0.2) is 53.7 Å². The summed E-state index contributed by atoms with van der Waals surface area (Å²) in [4.78, 5) is 11.0. The number of rotatable bonds is 5. The molecule has 6 heteroatoms. The Balaban J connectivity index is 1.53. The maximum Gasteiger partial charge on any atom is 0.194 e. The molecule has 1 aromatic carbocycles. The van der Waals surface area contributed by atoms with Crippen LogP contribution in [0.3, 0.4) is 0 Å². The SMILES string of the molecule is COc1cccc(N2CCC(CN=C(N)Nc3ccccn3)C2)c1. The lowest BCUT2D eigenvalue weighted by atomic mass is 10.1. The Morgan fingerprint density at radius 3 is 3.08 bits per heavy atom. The van der Waals surface area contributed by atoms with Gasteiger partial charge in [0.1, 0.15) is 11.6 Å². The van der Waals surface area contributed by atoms with Gasteiger partial charge in [0.25, 0.3) is 0 Å². The van der Waals surface area contributed by atoms with E-state index in [0.717, 1.165) is 25.3 Å². The number of methoxy groups -OCH3 is 1. The fourth-order valence-electron chi connectivity index (χ4n) is 2.86. The molecular formula is C18H23N5O. The average Bonchev–Trinajstić information content (AvgIpc) is 3.10. The Morgan fingerprint density at radius 1 is 1.38 bits per heavy atom. The van der Waals surface area contributed by atoms with E-state index in [4.69, 9.17) is 10.5 Å². The molecule has 0 spiro atoms. The molecule has 1 atom stereocenters. The summed E-state index contributed by atoms with van der Waals surface area (Å²) in [6.45, 7) is 2.72. The van der Waals surface area contributed by atoms with E-state index in [1.165, 1.54) is 5.69 Å². The predicted molar refractivity (Wildman–Crippen MR) is 97.7 cm³/mol. The number of hydrogen-bond donors (Lipinski definition) is 2. The Labute approximate surface area is 142 Å². The number of nitrogens with two attached hydrogens (primary N) is 1. The van der Waals surface area contributed by atoms with E-state index in [2.05, 4.69) is 32.3 Å². The van der Waals surface area contributed by atoms with E-state index in [9.17, 15) is 0 Å². The van der Waals surface area contributed by atoms with E-state index < -0.39 is 0 Å². The fraction of sp³-hybridized carbons (Fsp3) is 0.333. The van der Waals surface area contributed by atoms with E-state index >= 15 is 0 Å². The van der Waals surface area contributed by atoms with Crippen molar-refractivity contribution in [2.75, 3.05) is 37.0 Å². The molecule has 24 heavy (non-hydrogen) atoms. The van der Waals surface area contributed by atoms with Gasteiger partial charge in [-0.3, -0.25) is 4.99 Å². The first-order valence-corrected chi connectivity index (χ1v) is 8.11.